The van der Waals surface area contributed by atoms with Crippen LogP contribution in [-0.4, -0.2) is 30.9 Å². The zero-order valence-corrected chi connectivity index (χ0v) is 18.9. The molecular formula is C22H21BrN8. The Balaban J connectivity index is 1.64. The Morgan fingerprint density at radius 1 is 0.903 bits per heavy atom. The summed E-state index contributed by atoms with van der Waals surface area (Å²) >= 11 is 3.42. The van der Waals surface area contributed by atoms with Gasteiger partial charge in [-0.2, -0.15) is 25.2 Å². The number of aryl methyl sites for hydroxylation is 3. The van der Waals surface area contributed by atoms with E-state index in [1.54, 1.807) is 10.9 Å². The van der Waals surface area contributed by atoms with Gasteiger partial charge >= 0.3 is 0 Å². The molecule has 0 radical (unpaired) electrons. The summed E-state index contributed by atoms with van der Waals surface area (Å²) in [5, 5.41) is 12.0. The molecule has 2 aromatic heterocycles. The number of hydrazone groups is 1. The van der Waals surface area contributed by atoms with Gasteiger partial charge in [0.2, 0.25) is 11.9 Å². The maximum absolute atomic E-state index is 4.54. The third kappa shape index (κ3) is 5.32. The summed E-state index contributed by atoms with van der Waals surface area (Å²) in [5.41, 5.74) is 7.70. The average molecular weight is 477 g/mol. The first-order valence-electron chi connectivity index (χ1n) is 9.64. The molecule has 0 saturated heterocycles. The topological polar surface area (TPSA) is 92.9 Å². The Bertz CT molecular complexity index is 1210. The molecule has 0 unspecified atom stereocenters. The number of hydrogen-bond acceptors (Lipinski definition) is 7. The van der Waals surface area contributed by atoms with Crippen LogP contribution in [-0.2, 0) is 0 Å². The fourth-order valence-electron chi connectivity index (χ4n) is 2.88. The second-order valence-electron chi connectivity index (χ2n) is 7.03. The van der Waals surface area contributed by atoms with Gasteiger partial charge in [-0.15, -0.1) is 0 Å². The van der Waals surface area contributed by atoms with Gasteiger partial charge in [0.05, 0.1) is 11.9 Å². The van der Waals surface area contributed by atoms with Crippen LogP contribution in [0.4, 0.5) is 17.6 Å². The number of rotatable bonds is 6. The monoisotopic (exact) mass is 476 g/mol. The maximum Gasteiger partial charge on any atom is 0.257 e. The fourth-order valence-corrected chi connectivity index (χ4v) is 3.14. The molecule has 0 atom stereocenters. The molecule has 0 fully saturated rings. The van der Waals surface area contributed by atoms with Crippen LogP contribution < -0.4 is 10.7 Å². The van der Waals surface area contributed by atoms with Crippen LogP contribution >= 0.6 is 15.9 Å². The Hall–Kier alpha value is -3.59. The smallest absolute Gasteiger partial charge is 0.257 e. The van der Waals surface area contributed by atoms with E-state index >= 15 is 0 Å². The van der Waals surface area contributed by atoms with Crippen LogP contribution in [0.2, 0.25) is 0 Å². The minimum atomic E-state index is 0.306. The van der Waals surface area contributed by atoms with Gasteiger partial charge in [-0.1, -0.05) is 45.8 Å². The predicted molar refractivity (Wildman–Crippen MR) is 126 cm³/mol. The normalized spacial score (nSPS) is 11.1. The SMILES string of the molecule is Cc1ccc(Nc2nc(N/N=C\c3ccc(Br)cc3)nc(-n3nc(C)cc3C)n2)cc1. The minimum absolute atomic E-state index is 0.306. The highest BCUT2D eigenvalue weighted by Crippen LogP contribution is 2.17. The van der Waals surface area contributed by atoms with Gasteiger partial charge in [0.1, 0.15) is 0 Å². The molecule has 2 aromatic carbocycles. The van der Waals surface area contributed by atoms with E-state index in [2.05, 4.69) is 51.8 Å². The van der Waals surface area contributed by atoms with Crippen LogP contribution in [0.5, 0.6) is 0 Å². The van der Waals surface area contributed by atoms with Gasteiger partial charge in [-0.05, 0) is 56.7 Å². The lowest BCUT2D eigenvalue weighted by Gasteiger charge is -2.09. The highest BCUT2D eigenvalue weighted by Gasteiger charge is 2.12. The molecule has 8 nitrogen and oxygen atoms in total. The quantitative estimate of drug-likeness (QED) is 0.302. The van der Waals surface area contributed by atoms with Gasteiger partial charge in [0.25, 0.3) is 5.95 Å². The molecule has 2 heterocycles. The van der Waals surface area contributed by atoms with E-state index in [-0.39, 0.29) is 0 Å². The zero-order valence-electron chi connectivity index (χ0n) is 17.3. The lowest BCUT2D eigenvalue weighted by molar-refractivity contribution is 0.767. The Kier molecular flexibility index (Phi) is 6.03. The standard InChI is InChI=1S/C22H21BrN8/c1-14-4-10-19(11-5-14)25-20-26-21(29-24-13-17-6-8-18(23)9-7-17)28-22(27-20)31-16(3)12-15(2)30-31/h4-13H,1-3H3,(H2,25,26,27,28,29)/b24-13-. The second-order valence-corrected chi connectivity index (χ2v) is 7.95. The molecule has 0 bridgehead atoms. The van der Waals surface area contributed by atoms with E-state index in [0.717, 1.165) is 27.1 Å². The summed E-state index contributed by atoms with van der Waals surface area (Å²) in [6.45, 7) is 5.92. The number of halogens is 1. The van der Waals surface area contributed by atoms with Crippen molar-refractivity contribution in [2.75, 3.05) is 10.7 Å². The highest BCUT2D eigenvalue weighted by atomic mass is 79.9. The van der Waals surface area contributed by atoms with E-state index in [1.165, 1.54) is 5.56 Å². The third-order valence-electron chi connectivity index (χ3n) is 4.38. The van der Waals surface area contributed by atoms with Crippen LogP contribution in [0.3, 0.4) is 0 Å². The van der Waals surface area contributed by atoms with E-state index in [1.807, 2.05) is 75.4 Å². The number of hydrogen-bond donors (Lipinski definition) is 2. The Morgan fingerprint density at radius 2 is 1.61 bits per heavy atom. The fraction of sp³-hybridized carbons (Fsp3) is 0.136. The van der Waals surface area contributed by atoms with Crippen molar-refractivity contribution in [3.05, 3.63) is 81.6 Å². The van der Waals surface area contributed by atoms with Crippen molar-refractivity contribution in [2.24, 2.45) is 5.10 Å². The maximum atomic E-state index is 4.54. The summed E-state index contributed by atoms with van der Waals surface area (Å²) in [6.07, 6.45) is 1.70. The van der Waals surface area contributed by atoms with Crippen LogP contribution in [0.25, 0.3) is 5.95 Å². The summed E-state index contributed by atoms with van der Waals surface area (Å²) in [4.78, 5) is 13.5. The lowest BCUT2D eigenvalue weighted by Crippen LogP contribution is -2.11. The van der Waals surface area contributed by atoms with Gasteiger partial charge in [0.15, 0.2) is 0 Å². The van der Waals surface area contributed by atoms with Gasteiger partial charge in [0, 0.05) is 15.9 Å². The van der Waals surface area contributed by atoms with Crippen molar-refractivity contribution >= 4 is 39.7 Å². The van der Waals surface area contributed by atoms with Crippen molar-refractivity contribution in [1.82, 2.24) is 24.7 Å². The van der Waals surface area contributed by atoms with Crippen molar-refractivity contribution in [1.29, 1.82) is 0 Å². The molecule has 9 heteroatoms. The van der Waals surface area contributed by atoms with Gasteiger partial charge in [-0.3, -0.25) is 0 Å². The minimum Gasteiger partial charge on any atom is -0.324 e. The molecule has 4 rings (SSSR count). The van der Waals surface area contributed by atoms with E-state index in [4.69, 9.17) is 0 Å². The largest absolute Gasteiger partial charge is 0.324 e. The molecule has 0 saturated carbocycles. The van der Waals surface area contributed by atoms with Crippen molar-refractivity contribution in [2.45, 2.75) is 20.8 Å². The molecule has 0 amide bonds. The van der Waals surface area contributed by atoms with E-state index < -0.39 is 0 Å². The van der Waals surface area contributed by atoms with Crippen LogP contribution in [0, 0.1) is 20.8 Å². The first kappa shape index (κ1) is 20.7. The molecular weight excluding hydrogens is 456 g/mol. The average Bonchev–Trinajstić information content (AvgIpc) is 3.09. The number of aromatic nitrogens is 5. The zero-order chi connectivity index (χ0) is 21.8. The first-order chi connectivity index (χ1) is 15.0. The first-order valence-corrected chi connectivity index (χ1v) is 10.4. The van der Waals surface area contributed by atoms with E-state index in [0.29, 0.717) is 17.8 Å². The number of benzene rings is 2. The molecule has 2 N–H and O–H groups in total. The van der Waals surface area contributed by atoms with Crippen LogP contribution in [0.1, 0.15) is 22.5 Å². The Morgan fingerprint density at radius 3 is 2.29 bits per heavy atom. The molecule has 31 heavy (non-hydrogen) atoms. The van der Waals surface area contributed by atoms with Crippen molar-refractivity contribution in [3.8, 4) is 5.95 Å². The summed E-state index contributed by atoms with van der Waals surface area (Å²) in [7, 11) is 0. The van der Waals surface area contributed by atoms with Crippen molar-refractivity contribution in [3.63, 3.8) is 0 Å². The number of anilines is 3. The predicted octanol–water partition coefficient (Wildman–Crippen LogP) is 4.93. The summed E-state index contributed by atoms with van der Waals surface area (Å²) in [5.74, 6) is 1.10. The van der Waals surface area contributed by atoms with E-state index in [9.17, 15) is 0 Å². The molecule has 0 aliphatic rings. The lowest BCUT2D eigenvalue weighted by atomic mass is 10.2. The number of nitrogens with one attached hydrogen (secondary N) is 2. The van der Waals surface area contributed by atoms with Gasteiger partial charge < -0.3 is 5.32 Å². The Labute approximate surface area is 188 Å². The summed E-state index contributed by atoms with van der Waals surface area (Å²) < 4.78 is 2.69. The van der Waals surface area contributed by atoms with Gasteiger partial charge in [-0.25, -0.2) is 10.1 Å². The molecule has 4 aromatic rings. The molecule has 0 spiro atoms. The molecule has 0 aliphatic carbocycles. The molecule has 156 valence electrons. The summed E-state index contributed by atoms with van der Waals surface area (Å²) in [6, 6.07) is 17.8. The second kappa shape index (κ2) is 9.05. The third-order valence-corrected chi connectivity index (χ3v) is 4.91. The molecule has 0 aliphatic heterocycles. The van der Waals surface area contributed by atoms with Crippen molar-refractivity contribution < 1.29 is 0 Å². The van der Waals surface area contributed by atoms with Crippen LogP contribution in [0.15, 0.2) is 64.2 Å². The highest BCUT2D eigenvalue weighted by molar-refractivity contribution is 9.10. The number of nitrogens with zero attached hydrogens (tertiary/aromatic N) is 6.